The standard InChI is InChI=1S/C53H103N2O6P/c1-6-8-10-12-14-16-18-20-22-24-25-26-27-28-29-31-33-35-37-39-41-43-45-47-53(57)54-51(50-61-62(58,59)60-49-48-55(3,4)5)52(56)46-44-42-40-38-36-34-32-30-23-21-19-17-15-13-11-9-7-2/h25-26,28-29,44,46,51-52,56H,6-24,27,30-43,45,47-50H2,1-5H3,(H-,54,57,58,59)/p+1/b26-25-,29-28-,46-44+. The second-order valence-corrected chi connectivity index (χ2v) is 20.7. The molecule has 0 fully saturated rings. The number of rotatable bonds is 48. The average molecular weight is 896 g/mol. The third kappa shape index (κ3) is 46.7. The van der Waals surface area contributed by atoms with Crippen molar-refractivity contribution in [2.45, 2.75) is 257 Å². The van der Waals surface area contributed by atoms with E-state index < -0.39 is 20.0 Å². The fraction of sp³-hybridized carbons (Fsp3) is 0.868. The van der Waals surface area contributed by atoms with Crippen LogP contribution in [-0.4, -0.2) is 73.4 Å². The van der Waals surface area contributed by atoms with Gasteiger partial charge in [-0.3, -0.25) is 13.8 Å². The zero-order chi connectivity index (χ0) is 45.7. The van der Waals surface area contributed by atoms with Crippen LogP contribution in [0.1, 0.15) is 245 Å². The van der Waals surface area contributed by atoms with E-state index in [-0.39, 0.29) is 19.1 Å². The lowest BCUT2D eigenvalue weighted by atomic mass is 10.0. The highest BCUT2D eigenvalue weighted by atomic mass is 31.2. The maximum absolute atomic E-state index is 12.9. The molecule has 0 aliphatic carbocycles. The number of phosphoric ester groups is 1. The monoisotopic (exact) mass is 896 g/mol. The van der Waals surface area contributed by atoms with Crippen LogP contribution >= 0.6 is 7.82 Å². The molecule has 0 radical (unpaired) electrons. The van der Waals surface area contributed by atoms with Crippen molar-refractivity contribution >= 4 is 13.7 Å². The number of aliphatic hydroxyl groups is 1. The van der Waals surface area contributed by atoms with Crippen molar-refractivity contribution in [2.24, 2.45) is 0 Å². The normalized spacial score (nSPS) is 14.4. The number of nitrogens with zero attached hydrogens (tertiary/aromatic N) is 1. The Balaban J connectivity index is 4.30. The minimum absolute atomic E-state index is 0.0599. The number of likely N-dealkylation sites (N-methyl/N-ethyl adjacent to an activating group) is 1. The van der Waals surface area contributed by atoms with E-state index in [1.807, 2.05) is 27.2 Å². The number of amides is 1. The fourth-order valence-electron chi connectivity index (χ4n) is 7.66. The van der Waals surface area contributed by atoms with Crippen LogP contribution in [0.2, 0.25) is 0 Å². The number of carbonyl (C=O) groups excluding carboxylic acids is 1. The average Bonchev–Trinajstić information content (AvgIpc) is 3.23. The zero-order valence-corrected chi connectivity index (χ0v) is 42.5. The largest absolute Gasteiger partial charge is 0.472 e. The van der Waals surface area contributed by atoms with Crippen molar-refractivity contribution in [3.63, 3.8) is 0 Å². The van der Waals surface area contributed by atoms with Crippen molar-refractivity contribution < 1.29 is 32.9 Å². The summed E-state index contributed by atoms with van der Waals surface area (Å²) in [5.41, 5.74) is 0. The van der Waals surface area contributed by atoms with E-state index in [9.17, 15) is 19.4 Å². The molecule has 0 aliphatic rings. The van der Waals surface area contributed by atoms with E-state index in [1.165, 1.54) is 173 Å². The number of unbranched alkanes of at least 4 members (excludes halogenated alkanes) is 31. The Morgan fingerprint density at radius 3 is 1.32 bits per heavy atom. The summed E-state index contributed by atoms with van der Waals surface area (Å²) in [5.74, 6) is -0.183. The lowest BCUT2D eigenvalue weighted by Gasteiger charge is -2.25. The molecule has 0 saturated heterocycles. The van der Waals surface area contributed by atoms with E-state index in [0.29, 0.717) is 17.4 Å². The maximum Gasteiger partial charge on any atom is 0.472 e. The highest BCUT2D eigenvalue weighted by Gasteiger charge is 2.27. The van der Waals surface area contributed by atoms with E-state index in [2.05, 4.69) is 43.5 Å². The molecule has 0 aliphatic heterocycles. The van der Waals surface area contributed by atoms with Crippen LogP contribution in [-0.2, 0) is 18.4 Å². The fourth-order valence-corrected chi connectivity index (χ4v) is 8.40. The van der Waals surface area contributed by atoms with Gasteiger partial charge in [-0.25, -0.2) is 4.57 Å². The van der Waals surface area contributed by atoms with Gasteiger partial charge in [-0.15, -0.1) is 0 Å². The van der Waals surface area contributed by atoms with E-state index in [1.54, 1.807) is 6.08 Å². The summed E-state index contributed by atoms with van der Waals surface area (Å²) in [6.45, 7) is 4.83. The van der Waals surface area contributed by atoms with Crippen LogP contribution in [0.25, 0.3) is 0 Å². The molecule has 0 aromatic rings. The Labute approximate surface area is 385 Å². The predicted octanol–water partition coefficient (Wildman–Crippen LogP) is 15.4. The van der Waals surface area contributed by atoms with Crippen LogP contribution in [0.3, 0.4) is 0 Å². The highest BCUT2D eigenvalue weighted by Crippen LogP contribution is 2.43. The van der Waals surface area contributed by atoms with Gasteiger partial charge in [-0.1, -0.05) is 224 Å². The van der Waals surface area contributed by atoms with Gasteiger partial charge >= 0.3 is 7.82 Å². The Bertz CT molecular complexity index is 1110. The minimum atomic E-state index is -4.34. The smallest absolute Gasteiger partial charge is 0.387 e. The van der Waals surface area contributed by atoms with Crippen LogP contribution in [0.4, 0.5) is 0 Å². The molecule has 3 atom stereocenters. The summed E-state index contributed by atoms with van der Waals surface area (Å²) in [7, 11) is 1.57. The molecule has 0 heterocycles. The number of allylic oxidation sites excluding steroid dienone is 5. The zero-order valence-electron chi connectivity index (χ0n) is 41.6. The van der Waals surface area contributed by atoms with Gasteiger partial charge in [0, 0.05) is 6.42 Å². The minimum Gasteiger partial charge on any atom is -0.387 e. The first-order chi connectivity index (χ1) is 30.0. The third-order valence-corrected chi connectivity index (χ3v) is 12.8. The second-order valence-electron chi connectivity index (χ2n) is 19.3. The number of nitrogens with one attached hydrogen (secondary N) is 1. The lowest BCUT2D eigenvalue weighted by molar-refractivity contribution is -0.870. The van der Waals surface area contributed by atoms with Crippen molar-refractivity contribution in [1.82, 2.24) is 5.32 Å². The number of hydrogen-bond donors (Lipinski definition) is 3. The summed E-state index contributed by atoms with van der Waals surface area (Å²) in [6, 6.07) is -0.850. The first-order valence-electron chi connectivity index (χ1n) is 26.4. The highest BCUT2D eigenvalue weighted by molar-refractivity contribution is 7.47. The van der Waals surface area contributed by atoms with Crippen LogP contribution in [0.5, 0.6) is 0 Å². The lowest BCUT2D eigenvalue weighted by Crippen LogP contribution is -2.45. The molecule has 8 nitrogen and oxygen atoms in total. The van der Waals surface area contributed by atoms with Crippen molar-refractivity contribution in [2.75, 3.05) is 40.9 Å². The van der Waals surface area contributed by atoms with Crippen molar-refractivity contribution in [3.05, 3.63) is 36.5 Å². The number of carbonyl (C=O) groups is 1. The molecule has 9 heteroatoms. The summed E-state index contributed by atoms with van der Waals surface area (Å²) < 4.78 is 23.6. The van der Waals surface area contributed by atoms with Gasteiger partial charge in [0.05, 0.1) is 39.9 Å². The van der Waals surface area contributed by atoms with Crippen LogP contribution < -0.4 is 5.32 Å². The van der Waals surface area contributed by atoms with Gasteiger partial charge in [-0.2, -0.15) is 0 Å². The number of phosphoric acid groups is 1. The Kier molecular flexibility index (Phi) is 44.0. The molecule has 0 saturated carbocycles. The second kappa shape index (κ2) is 44.9. The molecule has 62 heavy (non-hydrogen) atoms. The first kappa shape index (κ1) is 60.7. The maximum atomic E-state index is 12.9. The molecule has 0 bridgehead atoms. The van der Waals surface area contributed by atoms with E-state index in [4.69, 9.17) is 9.05 Å². The molecule has 0 spiro atoms. The van der Waals surface area contributed by atoms with Gasteiger partial charge < -0.3 is 19.8 Å². The molecular weight excluding hydrogens is 792 g/mol. The predicted molar refractivity (Wildman–Crippen MR) is 268 cm³/mol. The number of hydrogen-bond acceptors (Lipinski definition) is 5. The summed E-state index contributed by atoms with van der Waals surface area (Å²) in [4.78, 5) is 23.2. The SMILES string of the molecule is CCCCCCCCCCC/C=C\C/C=C\CCCCCCCCCC(=O)NC(COP(=O)(O)OCC[N+](C)(C)C)C(O)/C=C/CCCCCCCCCCCCCCCCC. The van der Waals surface area contributed by atoms with Crippen LogP contribution in [0, 0.1) is 0 Å². The quantitative estimate of drug-likeness (QED) is 0.0243. The summed E-state index contributed by atoms with van der Waals surface area (Å²) in [5, 5.41) is 13.9. The van der Waals surface area contributed by atoms with Crippen molar-refractivity contribution in [3.8, 4) is 0 Å². The molecular formula is C53H104N2O6P+. The number of aliphatic hydroxyl groups excluding tert-OH is 1. The Morgan fingerprint density at radius 2 is 0.919 bits per heavy atom. The number of quaternary nitrogens is 1. The van der Waals surface area contributed by atoms with Crippen molar-refractivity contribution in [1.29, 1.82) is 0 Å². The first-order valence-corrected chi connectivity index (χ1v) is 27.9. The molecule has 366 valence electrons. The molecule has 0 aromatic carbocycles. The van der Waals surface area contributed by atoms with Gasteiger partial charge in [-0.05, 0) is 51.4 Å². The van der Waals surface area contributed by atoms with Gasteiger partial charge in [0.25, 0.3) is 0 Å². The Morgan fingerprint density at radius 1 is 0.548 bits per heavy atom. The van der Waals surface area contributed by atoms with E-state index >= 15 is 0 Å². The molecule has 1 amide bonds. The molecule has 0 rings (SSSR count). The molecule has 3 N–H and O–H groups in total. The van der Waals surface area contributed by atoms with Gasteiger partial charge in [0.15, 0.2) is 0 Å². The molecule has 3 unspecified atom stereocenters. The van der Waals surface area contributed by atoms with Gasteiger partial charge in [0.1, 0.15) is 13.2 Å². The third-order valence-electron chi connectivity index (χ3n) is 11.9. The summed E-state index contributed by atoms with van der Waals surface area (Å²) >= 11 is 0. The van der Waals surface area contributed by atoms with Gasteiger partial charge in [0.2, 0.25) is 5.91 Å². The van der Waals surface area contributed by atoms with E-state index in [0.717, 1.165) is 51.4 Å². The van der Waals surface area contributed by atoms with Crippen LogP contribution in [0.15, 0.2) is 36.5 Å². The topological polar surface area (TPSA) is 105 Å². The summed E-state index contributed by atoms with van der Waals surface area (Å²) in [6.07, 6.45) is 56.5. The Hall–Kier alpha value is -1.28. The molecule has 0 aromatic heterocycles.